The number of amides is 5. The first-order valence-electron chi connectivity index (χ1n) is 40.5. The second kappa shape index (κ2) is 52.0. The highest BCUT2D eigenvalue weighted by Gasteiger charge is 2.29. The van der Waals surface area contributed by atoms with E-state index >= 15 is 0 Å². The fraction of sp³-hybridized carbons (Fsp3) is 0.323. The van der Waals surface area contributed by atoms with Gasteiger partial charge in [0.15, 0.2) is 50.6 Å². The quantitative estimate of drug-likeness (QED) is 0.0189. The van der Waals surface area contributed by atoms with Crippen LogP contribution in [-0.4, -0.2) is 187 Å². The molecule has 1 aliphatic carbocycles. The molecule has 126 heavy (non-hydrogen) atoms. The molecule has 10 aromatic rings. The van der Waals surface area contributed by atoms with Crippen LogP contribution < -0.4 is 77.8 Å². The summed E-state index contributed by atoms with van der Waals surface area (Å²) in [5.74, 6) is 2.59. The van der Waals surface area contributed by atoms with Crippen molar-refractivity contribution in [3.63, 3.8) is 0 Å². The van der Waals surface area contributed by atoms with Crippen molar-refractivity contribution in [3.05, 3.63) is 252 Å². The van der Waals surface area contributed by atoms with E-state index in [2.05, 4.69) is 11.0 Å². The number of carbonyl (C=O) groups excluding carboxylic acids is 5. The van der Waals surface area contributed by atoms with Crippen LogP contribution >= 0.6 is 11.8 Å². The highest BCUT2D eigenvalue weighted by atomic mass is 32.2. The number of para-hydroxylation sites is 3. The number of alkyl halides is 5. The van der Waals surface area contributed by atoms with Crippen molar-refractivity contribution < 1.29 is 104 Å². The molecule has 10 aromatic carbocycles. The molecular weight excluding hydrogens is 1650 g/mol. The van der Waals surface area contributed by atoms with Gasteiger partial charge in [-0.1, -0.05) is 91.0 Å². The number of morpholine rings is 1. The molecule has 12 rings (SSSR count). The molecule has 672 valence electrons. The van der Waals surface area contributed by atoms with Crippen LogP contribution in [0.4, 0.5) is 56.1 Å². The number of anilines is 6. The number of hydrogen-bond donors (Lipinski definition) is 3. The molecule has 1 fully saturated rings. The van der Waals surface area contributed by atoms with Gasteiger partial charge in [-0.2, -0.15) is 11.8 Å². The summed E-state index contributed by atoms with van der Waals surface area (Å²) in [6.07, 6.45) is 7.51. The minimum Gasteiger partial charge on any atom is -0.504 e. The minimum absolute atomic E-state index is 0.0138. The molecule has 5 amide bonds. The number of nitrogens with two attached hydrogens (primary N) is 1. The average Bonchev–Trinajstić information content (AvgIpc) is 0.780. The van der Waals surface area contributed by atoms with Gasteiger partial charge in [0, 0.05) is 67.4 Å². The number of aryl methyl sites for hydroxylation is 1. The number of phenols is 2. The molecule has 0 aromatic heterocycles. The highest BCUT2D eigenvalue weighted by Crippen LogP contribution is 2.40. The van der Waals surface area contributed by atoms with Crippen LogP contribution in [0.15, 0.2) is 218 Å². The molecule has 1 saturated heterocycles. The zero-order chi connectivity index (χ0) is 90.9. The molecule has 2 aliphatic rings. The second-order valence-corrected chi connectivity index (χ2v) is 29.3. The maximum Gasteiger partial charge on any atom is 0.258 e. The van der Waals surface area contributed by atoms with E-state index in [0.717, 1.165) is 97.8 Å². The SMILES string of the molecule is COc1ccc(OC)c(CN(C(=O)CF)c2cccc3c2CCCC3)c1.COc1ccc(OC)c(N(CCCSC)C(=O)CF)c1.COc1ccc(OC)c(N(Cc2ccc(N3CCOCC3)cc2)C(=O)CF)c1.COc1ccc(OC)c(N(Cc2ccc(O)c(O)c2)C(=O)CF)c1.N[C@@H](Cc1ccccc1)CN(C(=O)CF)c1ccccc1Oc1ccccc1. The number of thioether (sulfide) groups is 1. The van der Waals surface area contributed by atoms with Gasteiger partial charge in [0.1, 0.15) is 51.7 Å². The Kier molecular flexibility index (Phi) is 40.6. The molecule has 1 atom stereocenters. The smallest absolute Gasteiger partial charge is 0.258 e. The summed E-state index contributed by atoms with van der Waals surface area (Å²) in [7, 11) is 12.2. The number of ether oxygens (including phenoxy) is 10. The van der Waals surface area contributed by atoms with Gasteiger partial charge in [0.2, 0.25) is 0 Å². The van der Waals surface area contributed by atoms with Crippen molar-refractivity contribution in [1.29, 1.82) is 0 Å². The van der Waals surface area contributed by atoms with Gasteiger partial charge < -0.3 is 92.7 Å². The number of phenolic OH excluding ortho intramolecular Hbond substituents is 2. The van der Waals surface area contributed by atoms with Gasteiger partial charge in [-0.15, -0.1) is 0 Å². The lowest BCUT2D eigenvalue weighted by atomic mass is 9.90. The van der Waals surface area contributed by atoms with E-state index in [1.165, 1.54) is 83.8 Å². The lowest BCUT2D eigenvalue weighted by Gasteiger charge is -2.29. The summed E-state index contributed by atoms with van der Waals surface area (Å²) >= 11 is 1.69. The van der Waals surface area contributed by atoms with Crippen LogP contribution in [0.25, 0.3) is 0 Å². The van der Waals surface area contributed by atoms with E-state index in [1.807, 2.05) is 115 Å². The van der Waals surface area contributed by atoms with Crippen molar-refractivity contribution in [2.45, 2.75) is 64.2 Å². The first kappa shape index (κ1) is 98.5. The predicted octanol–water partition coefficient (Wildman–Crippen LogP) is 16.9. The van der Waals surface area contributed by atoms with Gasteiger partial charge in [-0.3, -0.25) is 24.0 Å². The Hall–Kier alpha value is -12.9. The maximum atomic E-state index is 13.3. The third kappa shape index (κ3) is 28.6. The first-order chi connectivity index (χ1) is 61.2. The molecule has 0 unspecified atom stereocenters. The number of methoxy groups -OCH3 is 8. The Morgan fingerprint density at radius 3 is 1.39 bits per heavy atom. The average molecular weight is 1760 g/mol. The normalized spacial score (nSPS) is 11.9. The lowest BCUT2D eigenvalue weighted by Crippen LogP contribution is -2.43. The number of halogens is 5. The maximum absolute atomic E-state index is 13.3. The number of hydrogen-bond acceptors (Lipinski definition) is 20. The molecule has 24 nitrogen and oxygen atoms in total. The number of benzene rings is 10. The van der Waals surface area contributed by atoms with Crippen molar-refractivity contribution in [2.75, 3.05) is 171 Å². The van der Waals surface area contributed by atoms with Crippen molar-refractivity contribution >= 4 is 75.4 Å². The summed E-state index contributed by atoms with van der Waals surface area (Å²) in [6.45, 7) is -1.20. The zero-order valence-electron chi connectivity index (χ0n) is 72.3. The monoisotopic (exact) mass is 1760 g/mol. The Morgan fingerprint density at radius 1 is 0.421 bits per heavy atom. The summed E-state index contributed by atoms with van der Waals surface area (Å²) in [5.41, 5.74) is 15.7. The lowest BCUT2D eigenvalue weighted by molar-refractivity contribution is -0.120. The Balaban J connectivity index is 0.000000196. The minimum atomic E-state index is -1.19. The molecule has 1 aliphatic heterocycles. The van der Waals surface area contributed by atoms with Crippen molar-refractivity contribution in [2.24, 2.45) is 5.73 Å². The van der Waals surface area contributed by atoms with E-state index in [1.54, 1.807) is 118 Å². The van der Waals surface area contributed by atoms with Crippen LogP contribution in [0.5, 0.6) is 69.0 Å². The molecule has 1 heterocycles. The fourth-order valence-corrected chi connectivity index (χ4v) is 14.3. The van der Waals surface area contributed by atoms with Gasteiger partial charge in [0.25, 0.3) is 29.5 Å². The molecule has 0 bridgehead atoms. The van der Waals surface area contributed by atoms with Crippen LogP contribution in [0.2, 0.25) is 0 Å². The predicted molar refractivity (Wildman–Crippen MR) is 483 cm³/mol. The summed E-state index contributed by atoms with van der Waals surface area (Å²) < 4.78 is 119. The van der Waals surface area contributed by atoms with E-state index < -0.39 is 62.9 Å². The topological polar surface area (TPSA) is 264 Å². The first-order valence-corrected chi connectivity index (χ1v) is 41.9. The molecule has 0 spiro atoms. The summed E-state index contributed by atoms with van der Waals surface area (Å²) in [5, 5.41) is 19.0. The second-order valence-electron chi connectivity index (χ2n) is 28.3. The van der Waals surface area contributed by atoms with Crippen molar-refractivity contribution in [3.8, 4) is 69.0 Å². The van der Waals surface area contributed by atoms with Gasteiger partial charge in [0.05, 0.1) is 112 Å². The standard InChI is InChI=1S/C23H23FN2O2.C21H25FN2O4.C21H24FNO3.C17H18FNO5.C14H20FNO3S/c24-16-23(27)26(17-19(25)15-18-9-3-1-4-10-18)21-13-7-8-14-22(21)28-20-11-5-2-6-12-20;1-26-18-7-8-20(27-2)19(13-18)24(21(25)14-22)15-16-3-5-17(6-4-16)23-9-11-28-12-10-23;1-25-17-10-11-20(26-2)16(12-17)14-23(21(24)13-22)19-9-5-7-15-6-3-4-8-18(15)19;1-23-12-4-6-16(24-2)13(8-12)19(17(22)9-18)10-11-3-5-14(20)15(21)7-11;1-18-11-5-6-13(19-2)12(9-11)16(14(17)10-15)7-4-8-20-3/h1-14,19H,15-17,25H2;3-8,13H,9-12,14-15H2,1-2H3;5,7,9-12H,3-4,6,8,13-14H2,1-2H3;3-8,20-21H,9-10H2,1-2H3;5-6,9H,4,7-8,10H2,1-3H3/t19-;;;;/m0..../s1. The number of aromatic hydroxyl groups is 2. The number of fused-ring (bicyclic) bond motifs is 1. The Labute approximate surface area is 736 Å². The number of carbonyl (C=O) groups is 5. The van der Waals surface area contributed by atoms with E-state index in [0.29, 0.717) is 98.8 Å². The van der Waals surface area contributed by atoms with E-state index in [4.69, 9.17) is 53.1 Å². The largest absolute Gasteiger partial charge is 0.504 e. The zero-order valence-corrected chi connectivity index (χ0v) is 73.1. The fourth-order valence-electron chi connectivity index (χ4n) is 13.8. The van der Waals surface area contributed by atoms with Gasteiger partial charge >= 0.3 is 0 Å². The molecule has 0 radical (unpaired) electrons. The van der Waals surface area contributed by atoms with E-state index in [9.17, 15) is 56.1 Å². The van der Waals surface area contributed by atoms with Crippen LogP contribution in [0.3, 0.4) is 0 Å². The molecule has 0 saturated carbocycles. The third-order valence-electron chi connectivity index (χ3n) is 20.2. The van der Waals surface area contributed by atoms with E-state index in [-0.39, 0.29) is 43.7 Å². The van der Waals surface area contributed by atoms with Crippen LogP contribution in [0, 0.1) is 0 Å². The molecular formula is C96H110F5N7O17S. The molecule has 30 heteroatoms. The van der Waals surface area contributed by atoms with Gasteiger partial charge in [-0.05, 0) is 188 Å². The highest BCUT2D eigenvalue weighted by molar-refractivity contribution is 7.98. The Morgan fingerprint density at radius 2 is 0.873 bits per heavy atom. The number of rotatable bonds is 35. The van der Waals surface area contributed by atoms with Crippen molar-refractivity contribution in [1.82, 2.24) is 0 Å². The summed E-state index contributed by atoms with van der Waals surface area (Å²) in [4.78, 5) is 70.1. The summed E-state index contributed by atoms with van der Waals surface area (Å²) in [6, 6.07) is 64.3. The Bertz CT molecular complexity index is 5090. The van der Waals surface area contributed by atoms with Crippen LogP contribution in [0.1, 0.15) is 52.6 Å². The van der Waals surface area contributed by atoms with Gasteiger partial charge in [-0.25, -0.2) is 22.0 Å². The molecule has 4 N–H and O–H groups in total. The van der Waals surface area contributed by atoms with Crippen LogP contribution in [-0.2, 0) is 67.6 Å². The third-order valence-corrected chi connectivity index (χ3v) is 20.9. The number of nitrogens with zero attached hydrogens (tertiary/aromatic N) is 6.